The molecule has 0 fully saturated rings. The monoisotopic (exact) mass is 434 g/mol. The van der Waals surface area contributed by atoms with Crippen LogP contribution in [0.3, 0.4) is 0 Å². The summed E-state index contributed by atoms with van der Waals surface area (Å²) < 4.78 is 19.4. The van der Waals surface area contributed by atoms with Crippen LogP contribution in [0.25, 0.3) is 0 Å². The Morgan fingerprint density at radius 2 is 1.88 bits per heavy atom. The average molecular weight is 434 g/mol. The third-order valence-electron chi connectivity index (χ3n) is 5.85. The first kappa shape index (κ1) is 21.4. The van der Waals surface area contributed by atoms with Crippen molar-refractivity contribution in [1.29, 1.82) is 0 Å². The molecule has 0 unspecified atom stereocenters. The van der Waals surface area contributed by atoms with Crippen LogP contribution < -0.4 is 15.0 Å². The van der Waals surface area contributed by atoms with E-state index >= 15 is 0 Å². The predicted octanol–water partition coefficient (Wildman–Crippen LogP) is 3.92. The van der Waals surface area contributed by atoms with E-state index in [-0.39, 0.29) is 34.9 Å². The molecule has 1 aliphatic rings. The van der Waals surface area contributed by atoms with E-state index in [2.05, 4.69) is 15.3 Å². The molecule has 1 aliphatic heterocycles. The van der Waals surface area contributed by atoms with Gasteiger partial charge in [0.25, 0.3) is 11.8 Å². The van der Waals surface area contributed by atoms with Crippen LogP contribution in [0.4, 0.5) is 10.2 Å². The molecule has 0 spiro atoms. The van der Waals surface area contributed by atoms with Crippen LogP contribution in [0, 0.1) is 11.7 Å². The van der Waals surface area contributed by atoms with Crippen LogP contribution >= 0.6 is 0 Å². The predicted molar refractivity (Wildman–Crippen MR) is 117 cm³/mol. The molecular weight excluding hydrogens is 411 g/mol. The van der Waals surface area contributed by atoms with E-state index in [1.807, 2.05) is 26.0 Å². The number of ether oxygens (including phenoxy) is 1. The molecule has 0 saturated heterocycles. The maximum Gasteiger partial charge on any atom is 0.270 e. The van der Waals surface area contributed by atoms with Crippen molar-refractivity contribution in [2.75, 3.05) is 11.9 Å². The van der Waals surface area contributed by atoms with Crippen molar-refractivity contribution in [2.45, 2.75) is 25.8 Å². The Morgan fingerprint density at radius 1 is 1.09 bits per heavy atom. The zero-order valence-electron chi connectivity index (χ0n) is 17.9. The Balaban J connectivity index is 1.56. The van der Waals surface area contributed by atoms with Crippen molar-refractivity contribution in [3.05, 3.63) is 78.0 Å². The number of fused-ring (bicyclic) bond motifs is 1. The van der Waals surface area contributed by atoms with Gasteiger partial charge in [0.05, 0.1) is 0 Å². The fraction of sp³-hybridized carbons (Fsp3) is 0.250. The van der Waals surface area contributed by atoms with E-state index in [1.165, 1.54) is 35.4 Å². The van der Waals surface area contributed by atoms with Gasteiger partial charge in [0.2, 0.25) is 0 Å². The van der Waals surface area contributed by atoms with Gasteiger partial charge in [-0.3, -0.25) is 19.5 Å². The summed E-state index contributed by atoms with van der Waals surface area (Å²) in [6.07, 6.45) is 3.04. The highest BCUT2D eigenvalue weighted by Crippen LogP contribution is 2.36. The number of para-hydroxylation sites is 1. The zero-order chi connectivity index (χ0) is 22.8. The van der Waals surface area contributed by atoms with E-state index in [1.54, 1.807) is 25.4 Å². The van der Waals surface area contributed by atoms with Gasteiger partial charge < -0.3 is 10.1 Å². The first-order chi connectivity index (χ1) is 15.4. The maximum absolute atomic E-state index is 13.9. The van der Waals surface area contributed by atoms with Crippen LogP contribution in [0.5, 0.6) is 11.5 Å². The third kappa shape index (κ3) is 4.03. The number of nitrogens with one attached hydrogen (secondary N) is 1. The van der Waals surface area contributed by atoms with Crippen molar-refractivity contribution >= 4 is 17.6 Å². The molecule has 4 rings (SSSR count). The van der Waals surface area contributed by atoms with Crippen LogP contribution in [0.2, 0.25) is 0 Å². The highest BCUT2D eigenvalue weighted by molar-refractivity contribution is 6.02. The molecule has 0 saturated carbocycles. The molecule has 2 amide bonds. The highest BCUT2D eigenvalue weighted by atomic mass is 19.1. The molecule has 32 heavy (non-hydrogen) atoms. The number of halogens is 1. The summed E-state index contributed by atoms with van der Waals surface area (Å²) in [5, 5.41) is 2.82. The second-order valence-corrected chi connectivity index (χ2v) is 7.82. The Labute approximate surface area is 185 Å². The second kappa shape index (κ2) is 8.74. The van der Waals surface area contributed by atoms with E-state index in [9.17, 15) is 14.0 Å². The standard InChI is InChI=1S/C24H23FN4O3/c1-14-15(2)21(24(31)29(3)22-17(14)7-6-11-27-22)28-23(30)19-13-16(10-12-26-19)32-20-9-5-4-8-18(20)25/h4-15,21H,1-3H3,(H,28,30)/t14-,15+,21+/m0/s1. The fourth-order valence-electron chi connectivity index (χ4n) is 3.82. The molecule has 3 aromatic rings. The molecule has 2 aromatic heterocycles. The fourth-order valence-corrected chi connectivity index (χ4v) is 3.82. The largest absolute Gasteiger partial charge is 0.454 e. The lowest BCUT2D eigenvalue weighted by Crippen LogP contribution is -2.50. The number of likely N-dealkylation sites (N-methyl/N-ethyl adjacent to an activating group) is 1. The van der Waals surface area contributed by atoms with Crippen molar-refractivity contribution in [1.82, 2.24) is 15.3 Å². The molecule has 0 bridgehead atoms. The van der Waals surface area contributed by atoms with Crippen molar-refractivity contribution in [3.8, 4) is 11.5 Å². The summed E-state index contributed by atoms with van der Waals surface area (Å²) in [4.78, 5) is 36.1. The minimum atomic E-state index is -0.769. The number of carbonyl (C=O) groups is 2. The molecule has 1 N–H and O–H groups in total. The number of amides is 2. The minimum absolute atomic E-state index is 0.0124. The number of carbonyl (C=O) groups excluding carboxylic acids is 2. The lowest BCUT2D eigenvalue weighted by atomic mass is 9.85. The van der Waals surface area contributed by atoms with Gasteiger partial charge in [-0.1, -0.05) is 32.0 Å². The van der Waals surface area contributed by atoms with Gasteiger partial charge >= 0.3 is 0 Å². The summed E-state index contributed by atoms with van der Waals surface area (Å²) in [7, 11) is 1.65. The average Bonchev–Trinajstić information content (AvgIpc) is 2.87. The quantitative estimate of drug-likeness (QED) is 0.673. The molecule has 164 valence electrons. The highest BCUT2D eigenvalue weighted by Gasteiger charge is 2.39. The molecule has 8 heteroatoms. The number of rotatable bonds is 4. The number of nitrogens with zero attached hydrogens (tertiary/aromatic N) is 3. The summed E-state index contributed by atoms with van der Waals surface area (Å²) >= 11 is 0. The number of benzene rings is 1. The van der Waals surface area contributed by atoms with Crippen molar-refractivity contribution in [2.24, 2.45) is 5.92 Å². The Kier molecular flexibility index (Phi) is 5.85. The first-order valence-electron chi connectivity index (χ1n) is 10.3. The third-order valence-corrected chi connectivity index (χ3v) is 5.85. The minimum Gasteiger partial charge on any atom is -0.454 e. The lowest BCUT2D eigenvalue weighted by molar-refractivity contribution is -0.121. The van der Waals surface area contributed by atoms with Crippen LogP contribution in [0.15, 0.2) is 60.9 Å². The summed E-state index contributed by atoms with van der Waals surface area (Å²) in [6, 6.07) is 11.9. The van der Waals surface area contributed by atoms with Crippen molar-refractivity contribution < 1.29 is 18.7 Å². The van der Waals surface area contributed by atoms with Crippen LogP contribution in [0.1, 0.15) is 35.8 Å². The normalized spacial score (nSPS) is 20.3. The smallest absolute Gasteiger partial charge is 0.270 e. The molecular formula is C24H23FN4O3. The Hall–Kier alpha value is -3.81. The maximum atomic E-state index is 13.9. The van der Waals surface area contributed by atoms with Gasteiger partial charge in [0.1, 0.15) is 23.3 Å². The van der Waals surface area contributed by atoms with E-state index in [0.717, 1.165) is 5.56 Å². The van der Waals surface area contributed by atoms with Crippen LogP contribution in [-0.4, -0.2) is 34.9 Å². The Morgan fingerprint density at radius 3 is 2.66 bits per heavy atom. The van der Waals surface area contributed by atoms with E-state index in [4.69, 9.17) is 4.74 Å². The summed E-state index contributed by atoms with van der Waals surface area (Å²) in [5.41, 5.74) is 1.01. The van der Waals surface area contributed by atoms with Gasteiger partial charge in [0.15, 0.2) is 11.6 Å². The van der Waals surface area contributed by atoms with Crippen LogP contribution in [-0.2, 0) is 4.79 Å². The van der Waals surface area contributed by atoms with Crippen molar-refractivity contribution in [3.63, 3.8) is 0 Å². The van der Waals surface area contributed by atoms with Gasteiger partial charge in [-0.05, 0) is 41.7 Å². The van der Waals surface area contributed by atoms with Gasteiger partial charge in [0, 0.05) is 25.5 Å². The number of hydrogen-bond donors (Lipinski definition) is 1. The molecule has 7 nitrogen and oxygen atoms in total. The number of anilines is 1. The first-order valence-corrected chi connectivity index (χ1v) is 10.3. The molecule has 1 aromatic carbocycles. The second-order valence-electron chi connectivity index (χ2n) is 7.82. The topological polar surface area (TPSA) is 84.4 Å². The van der Waals surface area contributed by atoms with Gasteiger partial charge in [-0.15, -0.1) is 0 Å². The lowest BCUT2D eigenvalue weighted by Gasteiger charge is -2.26. The summed E-state index contributed by atoms with van der Waals surface area (Å²) in [6.45, 7) is 3.94. The molecule has 3 heterocycles. The number of pyridine rings is 2. The number of hydrogen-bond acceptors (Lipinski definition) is 5. The van der Waals surface area contributed by atoms with Gasteiger partial charge in [-0.2, -0.15) is 0 Å². The molecule has 3 atom stereocenters. The Bertz CT molecular complexity index is 1170. The molecule has 0 radical (unpaired) electrons. The summed E-state index contributed by atoms with van der Waals surface area (Å²) in [5.74, 6) is -0.595. The SMILES string of the molecule is C[C@@H]1[C@H](C)c2cccnc2N(C)C(=O)[C@@H]1NC(=O)c1cc(Oc2ccccc2F)ccn1. The zero-order valence-corrected chi connectivity index (χ0v) is 17.9. The molecule has 0 aliphatic carbocycles. The van der Waals surface area contributed by atoms with E-state index < -0.39 is 17.8 Å². The van der Waals surface area contributed by atoms with Gasteiger partial charge in [-0.25, -0.2) is 9.37 Å². The van der Waals surface area contributed by atoms with E-state index in [0.29, 0.717) is 5.82 Å². The number of aromatic nitrogens is 2.